The van der Waals surface area contributed by atoms with Crippen molar-refractivity contribution in [2.75, 3.05) is 18.0 Å². The summed E-state index contributed by atoms with van der Waals surface area (Å²) < 4.78 is 1.09. The number of nitrogens with one attached hydrogen (secondary N) is 1. The molecule has 4 heteroatoms. The fourth-order valence-electron chi connectivity index (χ4n) is 2.51. The van der Waals surface area contributed by atoms with Gasteiger partial charge in [-0.3, -0.25) is 0 Å². The molecule has 1 atom stereocenters. The van der Waals surface area contributed by atoms with Crippen LogP contribution in [0.15, 0.2) is 22.7 Å². The van der Waals surface area contributed by atoms with Gasteiger partial charge in [0.05, 0.1) is 6.10 Å². The Kier molecular flexibility index (Phi) is 5.10. The first-order valence-electron chi connectivity index (χ1n) is 7.31. The Balaban J connectivity index is 2.19. The first-order valence-corrected chi connectivity index (χ1v) is 8.11. The molecule has 1 fully saturated rings. The summed E-state index contributed by atoms with van der Waals surface area (Å²) in [6.07, 6.45) is 1.77. The molecule has 1 heterocycles. The van der Waals surface area contributed by atoms with E-state index in [1.54, 1.807) is 0 Å². The maximum atomic E-state index is 9.89. The number of hydrogen-bond donors (Lipinski definition) is 2. The van der Waals surface area contributed by atoms with Gasteiger partial charge in [0.2, 0.25) is 0 Å². The fraction of sp³-hybridized carbons (Fsp3) is 0.625. The fourth-order valence-corrected chi connectivity index (χ4v) is 2.86. The SMILES string of the molecule is CC(C)(C)NCc1ccc(Br)cc1N1CCCC(O)C1. The summed E-state index contributed by atoms with van der Waals surface area (Å²) in [7, 11) is 0. The van der Waals surface area contributed by atoms with E-state index in [2.05, 4.69) is 65.1 Å². The largest absolute Gasteiger partial charge is 0.391 e. The molecule has 1 aromatic carbocycles. The van der Waals surface area contributed by atoms with Crippen LogP contribution in [0, 0.1) is 0 Å². The van der Waals surface area contributed by atoms with E-state index in [-0.39, 0.29) is 11.6 Å². The molecule has 112 valence electrons. The molecule has 0 spiro atoms. The number of rotatable bonds is 3. The van der Waals surface area contributed by atoms with Gasteiger partial charge in [0.1, 0.15) is 0 Å². The van der Waals surface area contributed by atoms with Gasteiger partial charge < -0.3 is 15.3 Å². The summed E-state index contributed by atoms with van der Waals surface area (Å²) in [4.78, 5) is 2.30. The van der Waals surface area contributed by atoms with Crippen molar-refractivity contribution in [1.29, 1.82) is 0 Å². The number of nitrogens with zero attached hydrogens (tertiary/aromatic N) is 1. The number of β-amino-alcohol motifs (C(OH)–C–C–N with tert-alkyl or cyclic N) is 1. The summed E-state index contributed by atoms with van der Waals surface area (Å²) in [6, 6.07) is 6.42. The normalized spacial score (nSPS) is 20.2. The first kappa shape index (κ1) is 15.8. The Hall–Kier alpha value is -0.580. The summed E-state index contributed by atoms with van der Waals surface area (Å²) in [6.45, 7) is 9.14. The average Bonchev–Trinajstić information content (AvgIpc) is 2.36. The third-order valence-electron chi connectivity index (χ3n) is 3.59. The van der Waals surface area contributed by atoms with E-state index in [4.69, 9.17) is 0 Å². The molecule has 1 aromatic rings. The van der Waals surface area contributed by atoms with Crippen LogP contribution < -0.4 is 10.2 Å². The molecule has 2 N–H and O–H groups in total. The molecule has 0 aliphatic carbocycles. The van der Waals surface area contributed by atoms with Gasteiger partial charge in [-0.15, -0.1) is 0 Å². The average molecular weight is 341 g/mol. The second-order valence-electron chi connectivity index (χ2n) is 6.62. The Morgan fingerprint density at radius 1 is 1.40 bits per heavy atom. The van der Waals surface area contributed by atoms with Crippen molar-refractivity contribution >= 4 is 21.6 Å². The van der Waals surface area contributed by atoms with Gasteiger partial charge in [-0.1, -0.05) is 22.0 Å². The zero-order chi connectivity index (χ0) is 14.8. The third-order valence-corrected chi connectivity index (χ3v) is 4.09. The molecule has 1 unspecified atom stereocenters. The molecule has 2 rings (SSSR count). The highest BCUT2D eigenvalue weighted by Crippen LogP contribution is 2.28. The van der Waals surface area contributed by atoms with Gasteiger partial charge >= 0.3 is 0 Å². The van der Waals surface area contributed by atoms with Gasteiger partial charge in [0.25, 0.3) is 0 Å². The van der Waals surface area contributed by atoms with Crippen molar-refractivity contribution < 1.29 is 5.11 Å². The zero-order valence-electron chi connectivity index (χ0n) is 12.6. The maximum absolute atomic E-state index is 9.89. The van der Waals surface area contributed by atoms with Crippen LogP contribution in [0.4, 0.5) is 5.69 Å². The molecule has 0 radical (unpaired) electrons. The van der Waals surface area contributed by atoms with Crippen molar-refractivity contribution in [3.8, 4) is 0 Å². The zero-order valence-corrected chi connectivity index (χ0v) is 14.2. The van der Waals surface area contributed by atoms with Gasteiger partial charge in [0.15, 0.2) is 0 Å². The van der Waals surface area contributed by atoms with E-state index < -0.39 is 0 Å². The van der Waals surface area contributed by atoms with E-state index in [0.717, 1.165) is 36.9 Å². The van der Waals surface area contributed by atoms with Crippen LogP contribution in [-0.2, 0) is 6.54 Å². The number of aliphatic hydroxyl groups is 1. The lowest BCUT2D eigenvalue weighted by Crippen LogP contribution is -2.40. The quantitative estimate of drug-likeness (QED) is 0.886. The van der Waals surface area contributed by atoms with E-state index >= 15 is 0 Å². The second-order valence-corrected chi connectivity index (χ2v) is 7.53. The summed E-state index contributed by atoms with van der Waals surface area (Å²) in [5, 5.41) is 13.4. The Morgan fingerprint density at radius 2 is 2.15 bits per heavy atom. The van der Waals surface area contributed by atoms with Crippen LogP contribution in [0.25, 0.3) is 0 Å². The van der Waals surface area contributed by atoms with Crippen LogP contribution in [0.3, 0.4) is 0 Å². The van der Waals surface area contributed by atoms with E-state index in [0.29, 0.717) is 0 Å². The number of hydrogen-bond acceptors (Lipinski definition) is 3. The number of benzene rings is 1. The van der Waals surface area contributed by atoms with Crippen molar-refractivity contribution in [1.82, 2.24) is 5.32 Å². The van der Waals surface area contributed by atoms with Gasteiger partial charge in [-0.05, 0) is 51.3 Å². The van der Waals surface area contributed by atoms with Gasteiger partial charge in [0, 0.05) is 35.3 Å². The van der Waals surface area contributed by atoms with Crippen LogP contribution >= 0.6 is 15.9 Å². The highest BCUT2D eigenvalue weighted by Gasteiger charge is 2.20. The van der Waals surface area contributed by atoms with Crippen LogP contribution in [0.5, 0.6) is 0 Å². The van der Waals surface area contributed by atoms with Crippen molar-refractivity contribution in [2.45, 2.75) is 51.8 Å². The molecule has 0 aromatic heterocycles. The lowest BCUT2D eigenvalue weighted by molar-refractivity contribution is 0.154. The van der Waals surface area contributed by atoms with Crippen molar-refractivity contribution in [2.24, 2.45) is 0 Å². The predicted octanol–water partition coefficient (Wildman–Crippen LogP) is 3.30. The maximum Gasteiger partial charge on any atom is 0.0715 e. The van der Waals surface area contributed by atoms with Gasteiger partial charge in [-0.25, -0.2) is 0 Å². The van der Waals surface area contributed by atoms with Crippen LogP contribution in [0.1, 0.15) is 39.2 Å². The highest BCUT2D eigenvalue weighted by atomic mass is 79.9. The third kappa shape index (κ3) is 4.47. The molecule has 3 nitrogen and oxygen atoms in total. The lowest BCUT2D eigenvalue weighted by atomic mass is 10.0. The molecule has 0 amide bonds. The Morgan fingerprint density at radius 3 is 2.80 bits per heavy atom. The number of aliphatic hydroxyl groups excluding tert-OH is 1. The highest BCUT2D eigenvalue weighted by molar-refractivity contribution is 9.10. The van der Waals surface area contributed by atoms with E-state index in [9.17, 15) is 5.11 Å². The van der Waals surface area contributed by atoms with Crippen LogP contribution in [-0.4, -0.2) is 29.8 Å². The monoisotopic (exact) mass is 340 g/mol. The predicted molar refractivity (Wildman–Crippen MR) is 88.2 cm³/mol. The molecular formula is C16H25BrN2O. The van der Waals surface area contributed by atoms with E-state index in [1.807, 2.05) is 0 Å². The number of piperidine rings is 1. The topological polar surface area (TPSA) is 35.5 Å². The van der Waals surface area contributed by atoms with Gasteiger partial charge in [-0.2, -0.15) is 0 Å². The molecule has 1 saturated heterocycles. The number of anilines is 1. The Labute approximate surface area is 130 Å². The number of halogens is 1. The smallest absolute Gasteiger partial charge is 0.0715 e. The molecule has 0 bridgehead atoms. The Bertz CT molecular complexity index is 456. The molecular weight excluding hydrogens is 316 g/mol. The van der Waals surface area contributed by atoms with Crippen molar-refractivity contribution in [3.63, 3.8) is 0 Å². The standard InChI is InChI=1S/C16H25BrN2O/c1-16(2,3)18-10-12-6-7-13(17)9-15(12)19-8-4-5-14(20)11-19/h6-7,9,14,18,20H,4-5,8,10-11H2,1-3H3. The van der Waals surface area contributed by atoms with Crippen LogP contribution in [0.2, 0.25) is 0 Å². The lowest BCUT2D eigenvalue weighted by Gasteiger charge is -2.34. The molecule has 1 aliphatic rings. The first-order chi connectivity index (χ1) is 9.35. The summed E-state index contributed by atoms with van der Waals surface area (Å²) in [5.41, 5.74) is 2.62. The van der Waals surface area contributed by atoms with Crippen molar-refractivity contribution in [3.05, 3.63) is 28.2 Å². The summed E-state index contributed by atoms with van der Waals surface area (Å²) in [5.74, 6) is 0. The summed E-state index contributed by atoms with van der Waals surface area (Å²) >= 11 is 3.56. The minimum absolute atomic E-state index is 0.103. The molecule has 0 saturated carbocycles. The molecule has 1 aliphatic heterocycles. The minimum Gasteiger partial charge on any atom is -0.391 e. The van der Waals surface area contributed by atoms with E-state index in [1.165, 1.54) is 11.3 Å². The second kappa shape index (κ2) is 6.46. The minimum atomic E-state index is -0.203. The molecule has 20 heavy (non-hydrogen) atoms.